The SMILES string of the molecule is O=[N+]([O-])c1ccc2c(c1)CC1(CCNCC1)O2. The highest BCUT2D eigenvalue weighted by Gasteiger charge is 2.40. The number of piperidine rings is 1. The zero-order chi connectivity index (χ0) is 11.9. The second-order valence-electron chi connectivity index (χ2n) is 4.76. The summed E-state index contributed by atoms with van der Waals surface area (Å²) in [6, 6.07) is 4.88. The summed E-state index contributed by atoms with van der Waals surface area (Å²) in [5, 5.41) is 14.0. The number of nitro groups is 1. The molecule has 0 aromatic heterocycles. The Bertz CT molecular complexity index is 467. The Labute approximate surface area is 98.9 Å². The van der Waals surface area contributed by atoms with E-state index in [2.05, 4.69) is 5.32 Å². The van der Waals surface area contributed by atoms with Gasteiger partial charge in [0.05, 0.1) is 4.92 Å². The molecule has 2 aliphatic heterocycles. The summed E-state index contributed by atoms with van der Waals surface area (Å²) >= 11 is 0. The average Bonchev–Trinajstić information content (AvgIpc) is 2.66. The van der Waals surface area contributed by atoms with Gasteiger partial charge in [0.2, 0.25) is 0 Å². The Balaban J connectivity index is 1.89. The van der Waals surface area contributed by atoms with Crippen molar-refractivity contribution in [2.24, 2.45) is 0 Å². The Hall–Kier alpha value is -1.62. The first-order valence-electron chi connectivity index (χ1n) is 5.86. The summed E-state index contributed by atoms with van der Waals surface area (Å²) in [5.74, 6) is 0.817. The van der Waals surface area contributed by atoms with Gasteiger partial charge in [-0.05, 0) is 32.0 Å². The van der Waals surface area contributed by atoms with Gasteiger partial charge in [0.1, 0.15) is 11.4 Å². The van der Waals surface area contributed by atoms with E-state index in [-0.39, 0.29) is 16.2 Å². The summed E-state index contributed by atoms with van der Waals surface area (Å²) in [6.07, 6.45) is 2.73. The van der Waals surface area contributed by atoms with E-state index in [0.29, 0.717) is 0 Å². The molecule has 5 heteroatoms. The molecule has 90 valence electrons. The number of nitro benzene ring substituents is 1. The number of rotatable bonds is 1. The predicted molar refractivity (Wildman–Crippen MR) is 62.3 cm³/mol. The zero-order valence-corrected chi connectivity index (χ0v) is 9.44. The number of non-ortho nitro benzene ring substituents is 1. The molecular weight excluding hydrogens is 220 g/mol. The molecule has 0 amide bonds. The van der Waals surface area contributed by atoms with E-state index in [1.54, 1.807) is 12.1 Å². The van der Waals surface area contributed by atoms with Crippen LogP contribution < -0.4 is 10.1 Å². The van der Waals surface area contributed by atoms with Crippen LogP contribution in [0.2, 0.25) is 0 Å². The van der Waals surface area contributed by atoms with Crippen LogP contribution in [0, 0.1) is 10.1 Å². The maximum Gasteiger partial charge on any atom is 0.269 e. The molecule has 1 aromatic rings. The van der Waals surface area contributed by atoms with E-state index in [1.807, 2.05) is 0 Å². The first-order valence-corrected chi connectivity index (χ1v) is 5.86. The lowest BCUT2D eigenvalue weighted by atomic mass is 9.88. The van der Waals surface area contributed by atoms with Crippen molar-refractivity contribution < 1.29 is 9.66 Å². The van der Waals surface area contributed by atoms with Crippen molar-refractivity contribution in [1.29, 1.82) is 0 Å². The van der Waals surface area contributed by atoms with E-state index < -0.39 is 0 Å². The van der Waals surface area contributed by atoms with Crippen molar-refractivity contribution in [3.05, 3.63) is 33.9 Å². The van der Waals surface area contributed by atoms with E-state index in [1.165, 1.54) is 6.07 Å². The maximum absolute atomic E-state index is 10.7. The molecule has 0 bridgehead atoms. The van der Waals surface area contributed by atoms with Crippen molar-refractivity contribution in [2.45, 2.75) is 24.9 Å². The highest BCUT2D eigenvalue weighted by molar-refractivity contribution is 5.47. The number of fused-ring (bicyclic) bond motifs is 1. The molecule has 0 unspecified atom stereocenters. The molecule has 0 radical (unpaired) electrons. The van der Waals surface area contributed by atoms with Crippen molar-refractivity contribution in [1.82, 2.24) is 5.32 Å². The number of nitrogens with zero attached hydrogens (tertiary/aromatic N) is 1. The van der Waals surface area contributed by atoms with Crippen LogP contribution >= 0.6 is 0 Å². The molecule has 1 saturated heterocycles. The molecule has 2 aliphatic rings. The predicted octanol–water partition coefficient (Wildman–Crippen LogP) is 1.65. The molecule has 1 aromatic carbocycles. The van der Waals surface area contributed by atoms with Crippen LogP contribution in [-0.2, 0) is 6.42 Å². The molecule has 0 saturated carbocycles. The summed E-state index contributed by atoms with van der Waals surface area (Å²) in [4.78, 5) is 10.4. The molecule has 1 fully saturated rings. The fourth-order valence-electron chi connectivity index (χ4n) is 2.69. The summed E-state index contributed by atoms with van der Waals surface area (Å²) < 4.78 is 6.01. The molecule has 3 rings (SSSR count). The number of ether oxygens (including phenoxy) is 1. The van der Waals surface area contributed by atoms with Crippen LogP contribution in [0.25, 0.3) is 0 Å². The normalized spacial score (nSPS) is 20.9. The zero-order valence-electron chi connectivity index (χ0n) is 9.44. The van der Waals surface area contributed by atoms with Gasteiger partial charge in [0.15, 0.2) is 0 Å². The maximum atomic E-state index is 10.7. The summed E-state index contributed by atoms with van der Waals surface area (Å²) in [6.45, 7) is 1.91. The van der Waals surface area contributed by atoms with Crippen molar-refractivity contribution in [2.75, 3.05) is 13.1 Å². The molecule has 0 aliphatic carbocycles. The Morgan fingerprint density at radius 1 is 1.35 bits per heavy atom. The van der Waals surface area contributed by atoms with E-state index in [9.17, 15) is 10.1 Å². The summed E-state index contributed by atoms with van der Waals surface area (Å²) in [5.41, 5.74) is 1.00. The van der Waals surface area contributed by atoms with Gasteiger partial charge in [0, 0.05) is 24.1 Å². The van der Waals surface area contributed by atoms with Gasteiger partial charge in [0.25, 0.3) is 5.69 Å². The van der Waals surface area contributed by atoms with Crippen LogP contribution in [0.4, 0.5) is 5.69 Å². The minimum Gasteiger partial charge on any atom is -0.487 e. The first kappa shape index (κ1) is 10.5. The number of hydrogen-bond donors (Lipinski definition) is 1. The number of hydrogen-bond acceptors (Lipinski definition) is 4. The van der Waals surface area contributed by atoms with Crippen molar-refractivity contribution in [3.63, 3.8) is 0 Å². The molecule has 1 spiro atoms. The Morgan fingerprint density at radius 2 is 2.12 bits per heavy atom. The molecule has 2 heterocycles. The molecule has 1 N–H and O–H groups in total. The smallest absolute Gasteiger partial charge is 0.269 e. The van der Waals surface area contributed by atoms with Crippen LogP contribution in [0.15, 0.2) is 18.2 Å². The molecule has 5 nitrogen and oxygen atoms in total. The lowest BCUT2D eigenvalue weighted by molar-refractivity contribution is -0.384. The standard InChI is InChI=1S/C12H14N2O3/c15-14(16)10-1-2-11-9(7-10)8-12(17-11)3-5-13-6-4-12/h1-2,7,13H,3-6,8H2. The fourth-order valence-corrected chi connectivity index (χ4v) is 2.69. The van der Waals surface area contributed by atoms with E-state index in [4.69, 9.17) is 4.74 Å². The van der Waals surface area contributed by atoms with Crippen LogP contribution in [0.1, 0.15) is 18.4 Å². The van der Waals surface area contributed by atoms with Gasteiger partial charge in [-0.3, -0.25) is 10.1 Å². The van der Waals surface area contributed by atoms with Crippen LogP contribution in [0.5, 0.6) is 5.75 Å². The largest absolute Gasteiger partial charge is 0.487 e. The Kier molecular flexibility index (Phi) is 2.29. The van der Waals surface area contributed by atoms with Crippen molar-refractivity contribution >= 4 is 5.69 Å². The van der Waals surface area contributed by atoms with Gasteiger partial charge in [-0.15, -0.1) is 0 Å². The number of nitrogens with one attached hydrogen (secondary N) is 1. The third-order valence-electron chi connectivity index (χ3n) is 3.61. The second-order valence-corrected chi connectivity index (χ2v) is 4.76. The van der Waals surface area contributed by atoms with Gasteiger partial charge in [-0.1, -0.05) is 0 Å². The van der Waals surface area contributed by atoms with Crippen LogP contribution in [-0.4, -0.2) is 23.6 Å². The third-order valence-corrected chi connectivity index (χ3v) is 3.61. The monoisotopic (exact) mass is 234 g/mol. The Morgan fingerprint density at radius 3 is 2.82 bits per heavy atom. The first-order chi connectivity index (χ1) is 8.19. The van der Waals surface area contributed by atoms with Crippen molar-refractivity contribution in [3.8, 4) is 5.75 Å². The minimum absolute atomic E-state index is 0.122. The molecule has 17 heavy (non-hydrogen) atoms. The molecular formula is C12H14N2O3. The topological polar surface area (TPSA) is 64.4 Å². The van der Waals surface area contributed by atoms with Gasteiger partial charge < -0.3 is 10.1 Å². The molecule has 0 atom stereocenters. The quantitative estimate of drug-likeness (QED) is 0.592. The van der Waals surface area contributed by atoms with Gasteiger partial charge in [-0.2, -0.15) is 0 Å². The highest BCUT2D eigenvalue weighted by Crippen LogP contribution is 2.41. The lowest BCUT2D eigenvalue weighted by Gasteiger charge is -2.33. The lowest BCUT2D eigenvalue weighted by Crippen LogP contribution is -2.45. The van der Waals surface area contributed by atoms with Gasteiger partial charge in [-0.25, -0.2) is 0 Å². The van der Waals surface area contributed by atoms with E-state index >= 15 is 0 Å². The fraction of sp³-hybridized carbons (Fsp3) is 0.500. The third kappa shape index (κ3) is 1.76. The highest BCUT2D eigenvalue weighted by atomic mass is 16.6. The minimum atomic E-state index is -0.353. The van der Waals surface area contributed by atoms with E-state index in [0.717, 1.165) is 43.7 Å². The van der Waals surface area contributed by atoms with Gasteiger partial charge >= 0.3 is 0 Å². The second kappa shape index (κ2) is 3.70. The average molecular weight is 234 g/mol. The van der Waals surface area contributed by atoms with Crippen LogP contribution in [0.3, 0.4) is 0 Å². The number of benzene rings is 1. The summed E-state index contributed by atoms with van der Waals surface area (Å²) in [7, 11) is 0.